The Morgan fingerprint density at radius 1 is 0.712 bits per heavy atom. The molecule has 15 heteroatoms. The molecule has 356 valence electrons. The fraction of sp³-hybridized carbons (Fsp3) is 0.725. The molecular formula is C51H68N6O7S2. The van der Waals surface area contributed by atoms with Gasteiger partial charge in [-0.3, -0.25) is 19.2 Å². The number of rotatable bonds is 16. The first-order valence-electron chi connectivity index (χ1n) is 25.4. The number of nitrogens with zero attached hydrogens (tertiary/aromatic N) is 4. The number of aliphatic hydroxyl groups is 1. The van der Waals surface area contributed by atoms with E-state index in [0.717, 1.165) is 149 Å². The summed E-state index contributed by atoms with van der Waals surface area (Å²) in [6.07, 6.45) is 13.1. The predicted molar refractivity (Wildman–Crippen MR) is 254 cm³/mol. The number of thioether (sulfide) groups is 2. The van der Waals surface area contributed by atoms with E-state index in [1.807, 2.05) is 24.3 Å². The van der Waals surface area contributed by atoms with Crippen LogP contribution in [-0.4, -0.2) is 105 Å². The number of aromatic nitrogens is 2. The summed E-state index contributed by atoms with van der Waals surface area (Å²) >= 11 is 3.27. The SMILES string of the molecule is CCCSc1nc(N2CCC(CC(=O)O)CC2)ccc1C(=O)NC1C2CC3CC1CC(OC(=O)C1[C@H]4CN(c5ccc(C(=O)NC6C7CC8CC6CC(O)(C8)C7)c(SCCC)n5)C[C@@H]14)(C3)C2. The van der Waals surface area contributed by atoms with Crippen LogP contribution in [0.4, 0.5) is 11.6 Å². The minimum absolute atomic E-state index is 0.0434. The van der Waals surface area contributed by atoms with Crippen LogP contribution in [0.5, 0.6) is 0 Å². The Kier molecular flexibility index (Phi) is 12.1. The summed E-state index contributed by atoms with van der Waals surface area (Å²) in [6, 6.07) is 7.98. The second-order valence-corrected chi connectivity index (χ2v) is 24.5. The van der Waals surface area contributed by atoms with Crippen LogP contribution < -0.4 is 20.4 Å². The number of aliphatic carboxylic acids is 1. The molecule has 66 heavy (non-hydrogen) atoms. The minimum atomic E-state index is -0.740. The number of anilines is 2. The number of nitrogens with one attached hydrogen (secondary N) is 2. The van der Waals surface area contributed by atoms with Gasteiger partial charge in [0.25, 0.3) is 11.8 Å². The first-order valence-corrected chi connectivity index (χ1v) is 27.4. The zero-order valence-electron chi connectivity index (χ0n) is 38.6. The topological polar surface area (TPSA) is 174 Å². The number of carboxylic acids is 1. The first kappa shape index (κ1) is 44.9. The van der Waals surface area contributed by atoms with Crippen molar-refractivity contribution in [2.24, 2.45) is 59.2 Å². The molecule has 2 amide bonds. The average molecular weight is 941 g/mol. The Balaban J connectivity index is 0.698. The van der Waals surface area contributed by atoms with Gasteiger partial charge in [0.2, 0.25) is 0 Å². The molecule has 9 aliphatic carbocycles. The highest BCUT2D eigenvalue weighted by Gasteiger charge is 2.64. The van der Waals surface area contributed by atoms with Gasteiger partial charge in [0.05, 0.1) is 22.6 Å². The van der Waals surface area contributed by atoms with Crippen molar-refractivity contribution in [3.8, 4) is 0 Å². The summed E-state index contributed by atoms with van der Waals surface area (Å²) < 4.78 is 6.66. The molecule has 4 heterocycles. The van der Waals surface area contributed by atoms with E-state index >= 15 is 0 Å². The number of amides is 2. The van der Waals surface area contributed by atoms with Crippen LogP contribution in [-0.2, 0) is 14.3 Å². The van der Waals surface area contributed by atoms with Crippen LogP contribution in [0.3, 0.4) is 0 Å². The molecular weight excluding hydrogens is 873 g/mol. The molecule has 11 aliphatic rings. The molecule has 2 aromatic heterocycles. The van der Waals surface area contributed by atoms with Gasteiger partial charge in [0.1, 0.15) is 27.3 Å². The van der Waals surface area contributed by atoms with Gasteiger partial charge in [-0.1, -0.05) is 13.8 Å². The number of fused-ring (bicyclic) bond motifs is 1. The van der Waals surface area contributed by atoms with Gasteiger partial charge in [0.15, 0.2) is 0 Å². The van der Waals surface area contributed by atoms with Gasteiger partial charge in [-0.2, -0.15) is 0 Å². The van der Waals surface area contributed by atoms with E-state index in [-0.39, 0.29) is 71.8 Å². The fourth-order valence-corrected chi connectivity index (χ4v) is 16.9. The van der Waals surface area contributed by atoms with E-state index in [1.165, 1.54) is 0 Å². The summed E-state index contributed by atoms with van der Waals surface area (Å²) in [5, 5.41) is 28.8. The predicted octanol–water partition coefficient (Wildman–Crippen LogP) is 7.44. The highest BCUT2D eigenvalue weighted by Crippen LogP contribution is 2.60. The summed E-state index contributed by atoms with van der Waals surface area (Å²) in [4.78, 5) is 68.0. The van der Waals surface area contributed by atoms with Crippen molar-refractivity contribution in [2.45, 2.75) is 143 Å². The van der Waals surface area contributed by atoms with Gasteiger partial charge in [0, 0.05) is 44.7 Å². The van der Waals surface area contributed by atoms with Crippen molar-refractivity contribution in [2.75, 3.05) is 47.5 Å². The molecule has 7 atom stereocenters. The standard InChI is InChI=1S/C51H68N6O7S2/c1-3-13-65-47-35(5-7-39(52-47)56-11-9-28(10-12-56)19-41(58)59)46(61)55-44-33-17-30-18-34(44)25-51(21-30,24-33)64-49(62)42-37-26-57(27-38(37)42)40-8-6-36(48(53-40)66-14-4-2)45(60)54-43-31-15-29-16-32(43)23-50(63,20-29)22-31/h5-8,28-34,37-38,42-44,63H,3-4,9-27H2,1-2H3,(H,54,60)(H,55,61)(H,58,59)/t29?,30?,31?,32?,33?,34?,37-,38+,42?,43?,44?,50?,51?. The van der Waals surface area contributed by atoms with Gasteiger partial charge in [-0.05, 0) is 179 Å². The zero-order valence-corrected chi connectivity index (χ0v) is 40.3. The smallest absolute Gasteiger partial charge is 0.310 e. The summed E-state index contributed by atoms with van der Waals surface area (Å²) in [5.41, 5.74) is 0.270. The number of pyridine rings is 2. The molecule has 13 rings (SSSR count). The molecule has 2 saturated heterocycles. The number of hydrogen-bond donors (Lipinski definition) is 4. The highest BCUT2D eigenvalue weighted by molar-refractivity contribution is 7.99. The Morgan fingerprint density at radius 3 is 1.71 bits per heavy atom. The van der Waals surface area contributed by atoms with E-state index in [9.17, 15) is 29.4 Å². The molecule has 4 N–H and O–H groups in total. The lowest BCUT2D eigenvalue weighted by atomic mass is 9.52. The maximum absolute atomic E-state index is 14.1. The van der Waals surface area contributed by atoms with Crippen molar-refractivity contribution in [1.82, 2.24) is 20.6 Å². The normalized spacial score (nSPS) is 36.9. The maximum Gasteiger partial charge on any atom is 0.310 e. The Bertz CT molecular complexity index is 2190. The molecule has 11 fully saturated rings. The number of carbonyl (C=O) groups excluding carboxylic acids is 3. The van der Waals surface area contributed by atoms with Gasteiger partial charge in [-0.25, -0.2) is 9.97 Å². The van der Waals surface area contributed by atoms with Crippen LogP contribution in [0.1, 0.15) is 131 Å². The second kappa shape index (κ2) is 17.8. The monoisotopic (exact) mass is 940 g/mol. The van der Waals surface area contributed by atoms with Crippen molar-refractivity contribution in [3.05, 3.63) is 35.4 Å². The van der Waals surface area contributed by atoms with Gasteiger partial charge in [-0.15, -0.1) is 23.5 Å². The van der Waals surface area contributed by atoms with Gasteiger partial charge < -0.3 is 35.4 Å². The lowest BCUT2D eigenvalue weighted by Crippen LogP contribution is -2.62. The third-order valence-corrected chi connectivity index (χ3v) is 20.0. The van der Waals surface area contributed by atoms with Gasteiger partial charge >= 0.3 is 11.9 Å². The summed E-state index contributed by atoms with van der Waals surface area (Å²) in [7, 11) is 0. The van der Waals surface area contributed by atoms with Crippen LogP contribution >= 0.6 is 23.5 Å². The van der Waals surface area contributed by atoms with Crippen LogP contribution in [0.25, 0.3) is 0 Å². The number of esters is 1. The third-order valence-electron chi connectivity index (χ3n) is 17.6. The molecule has 8 bridgehead atoms. The van der Waals surface area contributed by atoms with E-state index in [4.69, 9.17) is 14.7 Å². The Labute approximate surface area is 397 Å². The molecule has 0 spiro atoms. The largest absolute Gasteiger partial charge is 0.481 e. The molecule has 0 radical (unpaired) electrons. The van der Waals surface area contributed by atoms with E-state index in [1.54, 1.807) is 23.5 Å². The zero-order chi connectivity index (χ0) is 45.5. The quantitative estimate of drug-likeness (QED) is 0.0967. The molecule has 2 aromatic rings. The van der Waals surface area contributed by atoms with Crippen LogP contribution in [0, 0.1) is 59.2 Å². The molecule has 5 unspecified atom stereocenters. The summed E-state index contributed by atoms with van der Waals surface area (Å²) in [5.74, 6) is 5.45. The fourth-order valence-electron chi connectivity index (χ4n) is 15.1. The number of ether oxygens (including phenoxy) is 1. The number of hydrogen-bond acceptors (Lipinski definition) is 12. The van der Waals surface area contributed by atoms with Crippen LogP contribution in [0.15, 0.2) is 34.3 Å². The Hall–Kier alpha value is -3.56. The number of carbonyl (C=O) groups is 4. The second-order valence-electron chi connectivity index (χ2n) is 22.3. The molecule has 13 nitrogen and oxygen atoms in total. The molecule has 9 saturated carbocycles. The van der Waals surface area contributed by atoms with E-state index in [2.05, 4.69) is 34.3 Å². The third kappa shape index (κ3) is 8.61. The molecule has 2 aliphatic heterocycles. The first-order chi connectivity index (χ1) is 31.9. The van der Waals surface area contributed by atoms with Crippen molar-refractivity contribution < 1.29 is 34.1 Å². The lowest BCUT2D eigenvalue weighted by Gasteiger charge is -2.59. The molecule has 0 aromatic carbocycles. The lowest BCUT2D eigenvalue weighted by molar-refractivity contribution is -0.192. The van der Waals surface area contributed by atoms with Crippen molar-refractivity contribution in [3.63, 3.8) is 0 Å². The number of carboxylic acid groups (broad SMARTS) is 1. The summed E-state index contributed by atoms with van der Waals surface area (Å²) in [6.45, 7) is 7.31. The Morgan fingerprint density at radius 2 is 1.21 bits per heavy atom. The highest BCUT2D eigenvalue weighted by atomic mass is 32.2. The van der Waals surface area contributed by atoms with E-state index < -0.39 is 17.2 Å². The average Bonchev–Trinajstić information content (AvgIpc) is 3.79. The van der Waals surface area contributed by atoms with Crippen molar-refractivity contribution in [1.29, 1.82) is 0 Å². The van der Waals surface area contributed by atoms with Crippen molar-refractivity contribution >= 4 is 58.9 Å². The number of piperidine rings is 2. The minimum Gasteiger partial charge on any atom is -0.481 e. The van der Waals surface area contributed by atoms with Crippen LogP contribution in [0.2, 0.25) is 0 Å². The van der Waals surface area contributed by atoms with E-state index in [0.29, 0.717) is 34.8 Å². The maximum atomic E-state index is 14.1.